The highest BCUT2D eigenvalue weighted by atomic mass is 16.5. The molecular weight excluding hydrogens is 378 g/mol. The van der Waals surface area contributed by atoms with E-state index < -0.39 is 0 Å². The monoisotopic (exact) mass is 426 g/mol. The average Bonchev–Trinajstić information content (AvgIpc) is 2.66. The molecule has 0 rings (SSSR count). The van der Waals surface area contributed by atoms with Crippen LogP contribution < -0.4 is 0 Å². The van der Waals surface area contributed by atoms with E-state index >= 15 is 0 Å². The van der Waals surface area contributed by atoms with Crippen LogP contribution in [0.15, 0.2) is 12.2 Å². The lowest BCUT2D eigenvalue weighted by molar-refractivity contribution is -0.870. The molecule has 5 nitrogen and oxygen atoms in total. The summed E-state index contributed by atoms with van der Waals surface area (Å²) in [6.45, 7) is 7.48. The molecule has 0 saturated carbocycles. The van der Waals surface area contributed by atoms with Crippen molar-refractivity contribution < 1.29 is 23.5 Å². The minimum atomic E-state index is -0.282. The van der Waals surface area contributed by atoms with E-state index in [-0.39, 0.29) is 11.9 Å². The van der Waals surface area contributed by atoms with E-state index in [1.165, 1.54) is 44.9 Å². The fraction of sp³-hybridized carbons (Fsp3) is 0.840. The van der Waals surface area contributed by atoms with Crippen molar-refractivity contribution in [3.05, 3.63) is 12.2 Å². The Morgan fingerprint density at radius 2 is 1.10 bits per heavy atom. The third-order valence-electron chi connectivity index (χ3n) is 5.09. The second-order valence-corrected chi connectivity index (χ2v) is 9.50. The highest BCUT2D eigenvalue weighted by Gasteiger charge is 2.07. The summed E-state index contributed by atoms with van der Waals surface area (Å²) in [5.41, 5.74) is 0.467. The van der Waals surface area contributed by atoms with Gasteiger partial charge in [-0.3, -0.25) is 4.79 Å². The lowest BCUT2D eigenvalue weighted by Crippen LogP contribution is -2.35. The zero-order valence-corrected chi connectivity index (χ0v) is 20.3. The van der Waals surface area contributed by atoms with Gasteiger partial charge in [-0.05, 0) is 39.0 Å². The van der Waals surface area contributed by atoms with Gasteiger partial charge in [0.25, 0.3) is 0 Å². The number of rotatable bonds is 20. The summed E-state index contributed by atoms with van der Waals surface area (Å²) >= 11 is 0. The van der Waals surface area contributed by atoms with E-state index in [9.17, 15) is 9.59 Å². The van der Waals surface area contributed by atoms with Gasteiger partial charge in [0.15, 0.2) is 0 Å². The topological polar surface area (TPSA) is 52.6 Å². The van der Waals surface area contributed by atoms with Crippen LogP contribution in [-0.2, 0) is 19.1 Å². The predicted molar refractivity (Wildman–Crippen MR) is 124 cm³/mol. The normalized spacial score (nSPS) is 11.3. The highest BCUT2D eigenvalue weighted by molar-refractivity contribution is 5.86. The highest BCUT2D eigenvalue weighted by Crippen LogP contribution is 2.11. The van der Waals surface area contributed by atoms with Crippen molar-refractivity contribution in [2.45, 2.75) is 96.8 Å². The van der Waals surface area contributed by atoms with Gasteiger partial charge in [0.1, 0.15) is 0 Å². The number of quaternary nitrogens is 1. The number of ether oxygens (including phenoxy) is 2. The third kappa shape index (κ3) is 21.4. The summed E-state index contributed by atoms with van der Waals surface area (Å²) < 4.78 is 11.4. The summed E-state index contributed by atoms with van der Waals surface area (Å²) in [6.07, 6.45) is 15.4. The van der Waals surface area contributed by atoms with E-state index in [1.54, 1.807) is 6.92 Å². The number of carbonyl (C=O) groups excluding carboxylic acids is 2. The Labute approximate surface area is 185 Å². The second-order valence-electron chi connectivity index (χ2n) is 9.50. The molecule has 0 atom stereocenters. The molecule has 0 N–H and O–H groups in total. The van der Waals surface area contributed by atoms with E-state index in [1.807, 2.05) is 0 Å². The maximum Gasteiger partial charge on any atom is 0.333 e. The van der Waals surface area contributed by atoms with Gasteiger partial charge in [-0.15, -0.1) is 0 Å². The molecule has 0 fully saturated rings. The van der Waals surface area contributed by atoms with Crippen molar-refractivity contribution in [1.82, 2.24) is 0 Å². The molecule has 0 aromatic rings. The number of carbonyl (C=O) groups is 2. The van der Waals surface area contributed by atoms with Gasteiger partial charge in [0, 0.05) is 12.0 Å². The number of esters is 2. The molecule has 0 amide bonds. The first kappa shape index (κ1) is 28.6. The molecule has 0 aliphatic heterocycles. The standard InChI is InChI=1S/C25H48NO4/c1-23(2)25(28)30-22-18-13-11-9-7-6-8-10-12-17-21-29-24(27)19-15-14-16-20-26(3,4)5/h1,6-22H2,2-5H3/q+1. The summed E-state index contributed by atoms with van der Waals surface area (Å²) in [4.78, 5) is 22.9. The number of hydrogen-bond donors (Lipinski definition) is 0. The first-order chi connectivity index (χ1) is 14.2. The van der Waals surface area contributed by atoms with E-state index in [4.69, 9.17) is 9.47 Å². The Balaban J connectivity index is 3.24. The van der Waals surface area contributed by atoms with E-state index in [2.05, 4.69) is 27.7 Å². The molecule has 0 spiro atoms. The Morgan fingerprint density at radius 3 is 1.57 bits per heavy atom. The smallest absolute Gasteiger partial charge is 0.333 e. The lowest BCUT2D eigenvalue weighted by Gasteiger charge is -2.23. The van der Waals surface area contributed by atoms with E-state index in [0.29, 0.717) is 25.2 Å². The van der Waals surface area contributed by atoms with Crippen LogP contribution in [0.3, 0.4) is 0 Å². The number of nitrogens with zero attached hydrogens (tertiary/aromatic N) is 1. The van der Waals surface area contributed by atoms with Crippen LogP contribution in [0.1, 0.15) is 96.8 Å². The quantitative estimate of drug-likeness (QED) is 0.107. The summed E-state index contributed by atoms with van der Waals surface area (Å²) in [7, 11) is 6.59. The molecule has 30 heavy (non-hydrogen) atoms. The van der Waals surface area contributed by atoms with Gasteiger partial charge in [-0.25, -0.2) is 4.79 Å². The Morgan fingerprint density at radius 1 is 0.667 bits per heavy atom. The molecule has 0 heterocycles. The maximum absolute atomic E-state index is 11.7. The third-order valence-corrected chi connectivity index (χ3v) is 5.09. The van der Waals surface area contributed by atoms with Crippen molar-refractivity contribution in [2.24, 2.45) is 0 Å². The molecule has 0 bridgehead atoms. The molecule has 176 valence electrons. The van der Waals surface area contributed by atoms with Crippen molar-refractivity contribution in [2.75, 3.05) is 40.9 Å². The summed E-state index contributed by atoms with van der Waals surface area (Å²) in [6, 6.07) is 0. The van der Waals surface area contributed by atoms with Gasteiger partial charge in [-0.2, -0.15) is 0 Å². The first-order valence-electron chi connectivity index (χ1n) is 12.0. The van der Waals surface area contributed by atoms with Gasteiger partial charge < -0.3 is 14.0 Å². The minimum Gasteiger partial charge on any atom is -0.466 e. The fourth-order valence-corrected chi connectivity index (χ4v) is 3.20. The molecule has 5 heteroatoms. The van der Waals surface area contributed by atoms with Gasteiger partial charge in [-0.1, -0.05) is 57.9 Å². The predicted octanol–water partition coefficient (Wildman–Crippen LogP) is 5.82. The lowest BCUT2D eigenvalue weighted by atomic mass is 10.1. The Kier molecular flexibility index (Phi) is 17.6. The molecule has 0 saturated heterocycles. The molecule has 0 radical (unpaired) electrons. The number of unbranched alkanes of at least 4 members (excludes halogenated alkanes) is 11. The molecule has 0 aliphatic rings. The van der Waals surface area contributed by atoms with Crippen LogP contribution >= 0.6 is 0 Å². The van der Waals surface area contributed by atoms with Crippen molar-refractivity contribution in [3.63, 3.8) is 0 Å². The fourth-order valence-electron chi connectivity index (χ4n) is 3.20. The average molecular weight is 427 g/mol. The molecule has 0 aliphatic carbocycles. The van der Waals surface area contributed by atoms with Crippen LogP contribution in [0.5, 0.6) is 0 Å². The van der Waals surface area contributed by atoms with Crippen LogP contribution in [0.4, 0.5) is 0 Å². The van der Waals surface area contributed by atoms with Crippen LogP contribution in [-0.4, -0.2) is 57.3 Å². The van der Waals surface area contributed by atoms with Gasteiger partial charge in [0.2, 0.25) is 0 Å². The zero-order valence-electron chi connectivity index (χ0n) is 20.3. The molecule has 0 aromatic carbocycles. The zero-order chi connectivity index (χ0) is 22.7. The summed E-state index contributed by atoms with van der Waals surface area (Å²) in [5, 5.41) is 0. The van der Waals surface area contributed by atoms with E-state index in [0.717, 1.165) is 49.6 Å². The van der Waals surface area contributed by atoms with Crippen LogP contribution in [0, 0.1) is 0 Å². The van der Waals surface area contributed by atoms with Crippen molar-refractivity contribution in [1.29, 1.82) is 0 Å². The first-order valence-corrected chi connectivity index (χ1v) is 12.0. The summed E-state index contributed by atoms with van der Waals surface area (Å²) in [5.74, 6) is -0.314. The SMILES string of the molecule is C=C(C)C(=O)OCCCCCCCCCCCCOC(=O)CCCCC[N+](C)(C)C. The second kappa shape index (κ2) is 18.4. The van der Waals surface area contributed by atoms with Crippen molar-refractivity contribution >= 4 is 11.9 Å². The van der Waals surface area contributed by atoms with Crippen LogP contribution in [0.25, 0.3) is 0 Å². The maximum atomic E-state index is 11.7. The van der Waals surface area contributed by atoms with Gasteiger partial charge >= 0.3 is 11.9 Å². The number of hydrogen-bond acceptors (Lipinski definition) is 4. The Hall–Kier alpha value is -1.36. The molecular formula is C25H48NO4+. The minimum absolute atomic E-state index is 0.0327. The largest absolute Gasteiger partial charge is 0.466 e. The molecule has 0 aromatic heterocycles. The van der Waals surface area contributed by atoms with Gasteiger partial charge in [0.05, 0.1) is 40.9 Å². The molecule has 0 unspecified atom stereocenters. The Bertz CT molecular complexity index is 468. The van der Waals surface area contributed by atoms with Crippen molar-refractivity contribution in [3.8, 4) is 0 Å². The van der Waals surface area contributed by atoms with Crippen LogP contribution in [0.2, 0.25) is 0 Å².